The summed E-state index contributed by atoms with van der Waals surface area (Å²) in [6.07, 6.45) is 3.68. The Balaban J connectivity index is 2.13. The first-order valence-electron chi connectivity index (χ1n) is 6.46. The molecule has 94 valence electrons. The minimum Gasteiger partial charge on any atom is -0.298 e. The molecule has 18 heavy (non-hydrogen) atoms. The van der Waals surface area contributed by atoms with E-state index in [9.17, 15) is 0 Å². The Morgan fingerprint density at radius 1 is 1.28 bits per heavy atom. The maximum absolute atomic E-state index is 5.29. The molecule has 1 N–H and O–H groups in total. The summed E-state index contributed by atoms with van der Waals surface area (Å²) in [4.78, 5) is 0. The zero-order chi connectivity index (χ0) is 12.7. The van der Waals surface area contributed by atoms with E-state index in [4.69, 9.17) is 12.2 Å². The van der Waals surface area contributed by atoms with Gasteiger partial charge < -0.3 is 0 Å². The number of fused-ring (bicyclic) bond motifs is 1. The van der Waals surface area contributed by atoms with Crippen LogP contribution in [0.25, 0.3) is 11.4 Å². The molecule has 3 nitrogen and oxygen atoms in total. The van der Waals surface area contributed by atoms with Crippen molar-refractivity contribution in [1.29, 1.82) is 0 Å². The third kappa shape index (κ3) is 1.81. The van der Waals surface area contributed by atoms with Gasteiger partial charge in [-0.1, -0.05) is 12.1 Å². The Bertz CT molecular complexity index is 637. The highest BCUT2D eigenvalue weighted by molar-refractivity contribution is 7.71. The minimum atomic E-state index is 0.319. The molecular weight excluding hydrogens is 242 g/mol. The van der Waals surface area contributed by atoms with Crippen molar-refractivity contribution in [2.75, 3.05) is 0 Å². The fourth-order valence-electron chi connectivity index (χ4n) is 2.70. The fraction of sp³-hybridized carbons (Fsp3) is 0.429. The molecule has 0 bridgehead atoms. The Kier molecular flexibility index (Phi) is 2.82. The summed E-state index contributed by atoms with van der Waals surface area (Å²) in [5, 5.41) is 7.28. The summed E-state index contributed by atoms with van der Waals surface area (Å²) >= 11 is 5.29. The molecule has 0 aliphatic heterocycles. The first-order chi connectivity index (χ1) is 8.66. The van der Waals surface area contributed by atoms with E-state index in [-0.39, 0.29) is 0 Å². The van der Waals surface area contributed by atoms with Gasteiger partial charge in [0.2, 0.25) is 0 Å². The van der Waals surface area contributed by atoms with Crippen molar-refractivity contribution in [3.05, 3.63) is 34.1 Å². The Labute approximate surface area is 112 Å². The maximum Gasteiger partial charge on any atom is 0.195 e. The van der Waals surface area contributed by atoms with Crippen LogP contribution in [0.2, 0.25) is 0 Å². The second-order valence-corrected chi connectivity index (χ2v) is 5.54. The van der Waals surface area contributed by atoms with Crippen LogP contribution in [-0.2, 0) is 12.8 Å². The molecule has 1 aliphatic rings. The number of hydrogen-bond donors (Lipinski definition) is 1. The Morgan fingerprint density at radius 3 is 2.83 bits per heavy atom. The quantitative estimate of drug-likeness (QED) is 0.835. The molecule has 3 rings (SSSR count). The van der Waals surface area contributed by atoms with E-state index < -0.39 is 0 Å². The molecule has 1 heterocycles. The van der Waals surface area contributed by atoms with Crippen LogP contribution in [0.4, 0.5) is 0 Å². The third-order valence-electron chi connectivity index (χ3n) is 3.58. The highest BCUT2D eigenvalue weighted by atomic mass is 32.1. The van der Waals surface area contributed by atoms with Crippen LogP contribution in [-0.4, -0.2) is 14.8 Å². The number of H-pyrrole nitrogens is 1. The molecule has 0 atom stereocenters. The molecular formula is C14H17N3S. The maximum atomic E-state index is 5.29. The van der Waals surface area contributed by atoms with Gasteiger partial charge in [0.15, 0.2) is 10.6 Å². The molecule has 1 aromatic heterocycles. The molecule has 0 amide bonds. The van der Waals surface area contributed by atoms with Gasteiger partial charge in [0, 0.05) is 11.6 Å². The summed E-state index contributed by atoms with van der Waals surface area (Å²) in [6.45, 7) is 4.25. The summed E-state index contributed by atoms with van der Waals surface area (Å²) < 4.78 is 2.77. The van der Waals surface area contributed by atoms with Gasteiger partial charge in [-0.15, -0.1) is 0 Å². The van der Waals surface area contributed by atoms with Gasteiger partial charge in [0.25, 0.3) is 0 Å². The second kappa shape index (κ2) is 4.35. The highest BCUT2D eigenvalue weighted by Gasteiger charge is 2.15. The molecule has 0 spiro atoms. The third-order valence-corrected chi connectivity index (χ3v) is 3.87. The van der Waals surface area contributed by atoms with Crippen LogP contribution < -0.4 is 0 Å². The largest absolute Gasteiger partial charge is 0.298 e. The lowest BCUT2D eigenvalue weighted by Gasteiger charge is -2.11. The van der Waals surface area contributed by atoms with E-state index in [1.807, 2.05) is 0 Å². The number of nitrogens with zero attached hydrogens (tertiary/aromatic N) is 2. The molecule has 0 unspecified atom stereocenters. The van der Waals surface area contributed by atoms with Crippen molar-refractivity contribution >= 4 is 12.2 Å². The molecule has 0 saturated heterocycles. The number of nitrogens with one attached hydrogen (secondary N) is 1. The van der Waals surface area contributed by atoms with Crippen molar-refractivity contribution < 1.29 is 0 Å². The molecule has 1 aromatic carbocycles. The zero-order valence-electron chi connectivity index (χ0n) is 10.7. The predicted octanol–water partition coefficient (Wildman–Crippen LogP) is 3.68. The standard InChI is InChI=1S/C14H17N3S/c1-9(2)17-13(15-16-14(17)18)12-7-6-10-4-3-5-11(10)8-12/h6-9H,3-5H2,1-2H3,(H,16,18). The number of aryl methyl sites for hydroxylation is 2. The monoisotopic (exact) mass is 259 g/mol. The van der Waals surface area contributed by atoms with Gasteiger partial charge in [-0.25, -0.2) is 0 Å². The fourth-order valence-corrected chi connectivity index (χ4v) is 3.04. The zero-order valence-corrected chi connectivity index (χ0v) is 11.5. The lowest BCUT2D eigenvalue weighted by atomic mass is 10.1. The predicted molar refractivity (Wildman–Crippen MR) is 75.3 cm³/mol. The molecule has 0 radical (unpaired) electrons. The van der Waals surface area contributed by atoms with E-state index in [1.165, 1.54) is 30.4 Å². The smallest absolute Gasteiger partial charge is 0.195 e. The van der Waals surface area contributed by atoms with Gasteiger partial charge in [-0.2, -0.15) is 5.10 Å². The van der Waals surface area contributed by atoms with Crippen LogP contribution in [0.5, 0.6) is 0 Å². The van der Waals surface area contributed by atoms with E-state index >= 15 is 0 Å². The molecule has 2 aromatic rings. The van der Waals surface area contributed by atoms with Crippen LogP contribution in [0, 0.1) is 4.77 Å². The Hall–Kier alpha value is -1.42. The summed E-state index contributed by atoms with van der Waals surface area (Å²) in [5.74, 6) is 0.949. The lowest BCUT2D eigenvalue weighted by Crippen LogP contribution is -2.03. The average molecular weight is 259 g/mol. The molecule has 0 fully saturated rings. The number of hydrogen-bond acceptors (Lipinski definition) is 2. The minimum absolute atomic E-state index is 0.319. The van der Waals surface area contributed by atoms with E-state index in [0.29, 0.717) is 10.8 Å². The van der Waals surface area contributed by atoms with Crippen LogP contribution >= 0.6 is 12.2 Å². The Morgan fingerprint density at radius 2 is 2.06 bits per heavy atom. The van der Waals surface area contributed by atoms with E-state index in [0.717, 1.165) is 11.4 Å². The van der Waals surface area contributed by atoms with Crippen molar-refractivity contribution in [1.82, 2.24) is 14.8 Å². The van der Waals surface area contributed by atoms with Crippen LogP contribution in [0.15, 0.2) is 18.2 Å². The molecule has 4 heteroatoms. The second-order valence-electron chi connectivity index (χ2n) is 5.15. The van der Waals surface area contributed by atoms with Gasteiger partial charge in [-0.05, 0) is 62.5 Å². The van der Waals surface area contributed by atoms with Crippen molar-refractivity contribution in [3.63, 3.8) is 0 Å². The molecule has 0 saturated carbocycles. The lowest BCUT2D eigenvalue weighted by molar-refractivity contribution is 0.597. The number of rotatable bonds is 2. The summed E-state index contributed by atoms with van der Waals surface area (Å²) in [6, 6.07) is 6.99. The summed E-state index contributed by atoms with van der Waals surface area (Å²) in [5.41, 5.74) is 4.12. The van der Waals surface area contributed by atoms with Crippen LogP contribution in [0.1, 0.15) is 37.4 Å². The first kappa shape index (κ1) is 11.7. The van der Waals surface area contributed by atoms with Crippen molar-refractivity contribution in [2.24, 2.45) is 0 Å². The number of aromatic nitrogens is 3. The van der Waals surface area contributed by atoms with Crippen LogP contribution in [0.3, 0.4) is 0 Å². The van der Waals surface area contributed by atoms with Gasteiger partial charge in [0.1, 0.15) is 0 Å². The van der Waals surface area contributed by atoms with E-state index in [1.54, 1.807) is 0 Å². The summed E-state index contributed by atoms with van der Waals surface area (Å²) in [7, 11) is 0. The topological polar surface area (TPSA) is 33.6 Å². The highest BCUT2D eigenvalue weighted by Crippen LogP contribution is 2.28. The van der Waals surface area contributed by atoms with Crippen molar-refractivity contribution in [3.8, 4) is 11.4 Å². The average Bonchev–Trinajstić information content (AvgIpc) is 2.93. The van der Waals surface area contributed by atoms with Crippen molar-refractivity contribution in [2.45, 2.75) is 39.2 Å². The van der Waals surface area contributed by atoms with E-state index in [2.05, 4.69) is 46.8 Å². The van der Waals surface area contributed by atoms with Gasteiger partial charge in [0.05, 0.1) is 0 Å². The van der Waals surface area contributed by atoms with Gasteiger partial charge >= 0.3 is 0 Å². The molecule has 1 aliphatic carbocycles. The van der Waals surface area contributed by atoms with Gasteiger partial charge in [-0.3, -0.25) is 9.67 Å². The normalized spacial score (nSPS) is 14.2. The SMILES string of the molecule is CC(C)n1c(-c2ccc3c(c2)CCC3)n[nH]c1=S. The number of benzene rings is 1. The first-order valence-corrected chi connectivity index (χ1v) is 6.86. The number of aromatic amines is 1.